The fourth-order valence-corrected chi connectivity index (χ4v) is 3.29. The molecule has 0 saturated heterocycles. The molecule has 0 bridgehead atoms. The molecule has 0 aromatic carbocycles. The van der Waals surface area contributed by atoms with Gasteiger partial charge in [0.05, 0.1) is 0 Å². The minimum Gasteiger partial charge on any atom is -0.396 e. The lowest BCUT2D eigenvalue weighted by molar-refractivity contribution is 0.0890. The van der Waals surface area contributed by atoms with E-state index >= 15 is 0 Å². The predicted octanol–water partition coefficient (Wildman–Crippen LogP) is 2.49. The van der Waals surface area contributed by atoms with Crippen molar-refractivity contribution in [3.8, 4) is 0 Å². The van der Waals surface area contributed by atoms with Crippen LogP contribution in [0.3, 0.4) is 0 Å². The highest BCUT2D eigenvalue weighted by molar-refractivity contribution is 5.93. The van der Waals surface area contributed by atoms with Crippen molar-refractivity contribution in [2.75, 3.05) is 6.61 Å². The maximum absolute atomic E-state index is 12.5. The van der Waals surface area contributed by atoms with Gasteiger partial charge >= 0.3 is 0 Å². The Morgan fingerprint density at radius 1 is 1.25 bits per heavy atom. The molecule has 0 aliphatic heterocycles. The van der Waals surface area contributed by atoms with Crippen LogP contribution in [0.25, 0.3) is 0 Å². The molecule has 2 aliphatic carbocycles. The average molecular weight is 276 g/mol. The topological polar surface area (TPSA) is 54.3 Å². The van der Waals surface area contributed by atoms with Crippen LogP contribution in [0.2, 0.25) is 0 Å². The van der Waals surface area contributed by atoms with E-state index in [1.165, 1.54) is 19.3 Å². The van der Waals surface area contributed by atoms with Crippen molar-refractivity contribution in [3.63, 3.8) is 0 Å². The maximum Gasteiger partial charge on any atom is 0.268 e. The van der Waals surface area contributed by atoms with Gasteiger partial charge < -0.3 is 15.0 Å². The van der Waals surface area contributed by atoms with E-state index in [4.69, 9.17) is 0 Å². The van der Waals surface area contributed by atoms with Gasteiger partial charge in [-0.25, -0.2) is 0 Å². The summed E-state index contributed by atoms with van der Waals surface area (Å²) in [5.41, 5.74) is 0.772. The van der Waals surface area contributed by atoms with Gasteiger partial charge in [-0.3, -0.25) is 4.79 Å². The molecule has 0 spiro atoms. The Labute approximate surface area is 120 Å². The molecule has 2 aliphatic rings. The second-order valence-corrected chi connectivity index (χ2v) is 6.19. The van der Waals surface area contributed by atoms with Gasteiger partial charge in [-0.05, 0) is 37.8 Å². The Hall–Kier alpha value is -1.29. The van der Waals surface area contributed by atoms with Crippen LogP contribution in [0.4, 0.5) is 0 Å². The normalized spacial score (nSPS) is 27.1. The summed E-state index contributed by atoms with van der Waals surface area (Å²) < 4.78 is 2.10. The summed E-state index contributed by atoms with van der Waals surface area (Å²) in [6.45, 7) is 0.175. The molecule has 4 heteroatoms. The van der Waals surface area contributed by atoms with Crippen LogP contribution in [0, 0.1) is 5.92 Å². The highest BCUT2D eigenvalue weighted by atomic mass is 16.3. The highest BCUT2D eigenvalue weighted by Crippen LogP contribution is 2.36. The number of aromatic nitrogens is 1. The third-order valence-corrected chi connectivity index (χ3v) is 4.66. The first-order valence-corrected chi connectivity index (χ1v) is 7.88. The smallest absolute Gasteiger partial charge is 0.268 e. The summed E-state index contributed by atoms with van der Waals surface area (Å²) in [4.78, 5) is 12.5. The van der Waals surface area contributed by atoms with Crippen LogP contribution >= 0.6 is 0 Å². The van der Waals surface area contributed by atoms with E-state index in [1.54, 1.807) is 0 Å². The summed E-state index contributed by atoms with van der Waals surface area (Å²) >= 11 is 0. The molecule has 0 radical (unpaired) electrons. The Bertz CT molecular complexity index is 465. The first-order valence-electron chi connectivity index (χ1n) is 7.88. The Morgan fingerprint density at radius 2 is 2.05 bits per heavy atom. The van der Waals surface area contributed by atoms with Crippen molar-refractivity contribution in [2.24, 2.45) is 5.92 Å². The quantitative estimate of drug-likeness (QED) is 0.830. The molecular weight excluding hydrogens is 252 g/mol. The van der Waals surface area contributed by atoms with Gasteiger partial charge in [-0.15, -0.1) is 0 Å². The van der Waals surface area contributed by atoms with Crippen LogP contribution in [0.1, 0.15) is 61.5 Å². The van der Waals surface area contributed by atoms with Crippen LogP contribution in [0.15, 0.2) is 18.3 Å². The van der Waals surface area contributed by atoms with Crippen LogP contribution in [-0.4, -0.2) is 28.2 Å². The van der Waals surface area contributed by atoms with Crippen molar-refractivity contribution in [2.45, 2.75) is 57.0 Å². The second kappa shape index (κ2) is 6.00. The van der Waals surface area contributed by atoms with Gasteiger partial charge in [0.15, 0.2) is 0 Å². The summed E-state index contributed by atoms with van der Waals surface area (Å²) in [5.74, 6) is 0.234. The zero-order chi connectivity index (χ0) is 13.9. The Balaban J connectivity index is 1.68. The van der Waals surface area contributed by atoms with E-state index < -0.39 is 0 Å². The summed E-state index contributed by atoms with van der Waals surface area (Å²) in [7, 11) is 0. The molecule has 1 aromatic heterocycles. The molecular formula is C16H24N2O2. The number of aliphatic hydroxyl groups excluding tert-OH is 1. The van der Waals surface area contributed by atoms with E-state index in [9.17, 15) is 9.90 Å². The fraction of sp³-hybridized carbons (Fsp3) is 0.688. The van der Waals surface area contributed by atoms with E-state index in [0.717, 1.165) is 31.4 Å². The molecule has 2 atom stereocenters. The predicted molar refractivity (Wildman–Crippen MR) is 77.6 cm³/mol. The Kier molecular flexibility index (Phi) is 4.10. The van der Waals surface area contributed by atoms with E-state index in [2.05, 4.69) is 9.88 Å². The lowest BCUT2D eigenvalue weighted by Crippen LogP contribution is -2.41. The van der Waals surface area contributed by atoms with Crippen LogP contribution in [0.5, 0.6) is 0 Å². The molecule has 2 fully saturated rings. The third-order valence-electron chi connectivity index (χ3n) is 4.66. The molecule has 20 heavy (non-hydrogen) atoms. The number of aliphatic hydroxyl groups is 1. The zero-order valence-electron chi connectivity index (χ0n) is 11.9. The third kappa shape index (κ3) is 2.90. The van der Waals surface area contributed by atoms with Crippen molar-refractivity contribution < 1.29 is 9.90 Å². The lowest BCUT2D eigenvalue weighted by atomic mass is 9.95. The van der Waals surface area contributed by atoms with Crippen molar-refractivity contribution in [1.29, 1.82) is 0 Å². The molecule has 110 valence electrons. The average Bonchev–Trinajstić information content (AvgIpc) is 3.22. The lowest BCUT2D eigenvalue weighted by Gasteiger charge is -2.24. The van der Waals surface area contributed by atoms with Gasteiger partial charge in [0, 0.05) is 30.8 Å². The van der Waals surface area contributed by atoms with Gasteiger partial charge in [-0.2, -0.15) is 0 Å². The van der Waals surface area contributed by atoms with Crippen LogP contribution in [-0.2, 0) is 0 Å². The summed E-state index contributed by atoms with van der Waals surface area (Å²) in [5, 5.41) is 12.7. The van der Waals surface area contributed by atoms with Gasteiger partial charge in [0.25, 0.3) is 5.91 Å². The van der Waals surface area contributed by atoms with E-state index in [1.807, 2.05) is 18.3 Å². The standard InChI is InChI=1S/C16H24N2O2/c19-11-12-5-2-1-3-6-14(12)17-16(20)15-7-4-10-18(15)13-8-9-13/h4,7,10,12-14,19H,1-3,5-6,8-9,11H2,(H,17,20). The fourth-order valence-electron chi connectivity index (χ4n) is 3.29. The number of rotatable bonds is 4. The minimum atomic E-state index is 0.0206. The van der Waals surface area contributed by atoms with Gasteiger partial charge in [0.2, 0.25) is 0 Å². The largest absolute Gasteiger partial charge is 0.396 e. The summed E-state index contributed by atoms with van der Waals surface area (Å²) in [6.07, 6.45) is 9.88. The zero-order valence-corrected chi connectivity index (χ0v) is 11.9. The van der Waals surface area contributed by atoms with E-state index in [0.29, 0.717) is 6.04 Å². The first-order chi connectivity index (χ1) is 9.79. The molecule has 2 unspecified atom stereocenters. The molecule has 4 nitrogen and oxygen atoms in total. The summed E-state index contributed by atoms with van der Waals surface area (Å²) in [6, 6.07) is 4.49. The van der Waals surface area contributed by atoms with Crippen molar-refractivity contribution >= 4 is 5.91 Å². The molecule has 2 N–H and O–H groups in total. The molecule has 1 aromatic rings. The molecule has 3 rings (SSSR count). The Morgan fingerprint density at radius 3 is 2.80 bits per heavy atom. The highest BCUT2D eigenvalue weighted by Gasteiger charge is 2.29. The molecule has 1 amide bonds. The number of nitrogens with zero attached hydrogens (tertiary/aromatic N) is 1. The minimum absolute atomic E-state index is 0.0206. The van der Waals surface area contributed by atoms with E-state index in [-0.39, 0.29) is 24.5 Å². The monoisotopic (exact) mass is 276 g/mol. The second-order valence-electron chi connectivity index (χ2n) is 6.19. The first kappa shape index (κ1) is 13.7. The SMILES string of the molecule is O=C(NC1CCCCCC1CO)c1cccn1C1CC1. The van der Waals surface area contributed by atoms with Crippen LogP contribution < -0.4 is 5.32 Å². The number of nitrogens with one attached hydrogen (secondary N) is 1. The van der Waals surface area contributed by atoms with Gasteiger partial charge in [0.1, 0.15) is 5.69 Å². The van der Waals surface area contributed by atoms with Gasteiger partial charge in [-0.1, -0.05) is 19.3 Å². The molecule has 1 heterocycles. The number of carbonyl (C=O) groups is 1. The van der Waals surface area contributed by atoms with Crippen molar-refractivity contribution in [3.05, 3.63) is 24.0 Å². The number of carbonyl (C=O) groups excluding carboxylic acids is 1. The number of hydrogen-bond donors (Lipinski definition) is 2. The molecule has 2 saturated carbocycles. The maximum atomic E-state index is 12.5. The number of hydrogen-bond acceptors (Lipinski definition) is 2. The van der Waals surface area contributed by atoms with Crippen molar-refractivity contribution in [1.82, 2.24) is 9.88 Å². The number of amides is 1.